The lowest BCUT2D eigenvalue weighted by atomic mass is 9.98. The first kappa shape index (κ1) is 16.4. The van der Waals surface area contributed by atoms with Gasteiger partial charge in [-0.05, 0) is 44.1 Å². The first-order valence-corrected chi connectivity index (χ1v) is 8.25. The number of nitriles is 1. The zero-order valence-corrected chi connectivity index (χ0v) is 13.4. The molecule has 0 unspecified atom stereocenters. The van der Waals surface area contributed by atoms with E-state index in [0.717, 1.165) is 17.7 Å². The number of nitrogens with zero attached hydrogens (tertiary/aromatic N) is 1. The summed E-state index contributed by atoms with van der Waals surface area (Å²) in [5.74, 6) is -0.800. The van der Waals surface area contributed by atoms with E-state index in [1.165, 1.54) is 11.8 Å². The fourth-order valence-electron chi connectivity index (χ4n) is 2.23. The van der Waals surface area contributed by atoms with Gasteiger partial charge >= 0.3 is 5.97 Å². The molecule has 22 heavy (non-hydrogen) atoms. The predicted octanol–water partition coefficient (Wildman–Crippen LogP) is 2.37. The summed E-state index contributed by atoms with van der Waals surface area (Å²) in [6, 6.07) is 9.20. The smallest absolute Gasteiger partial charge is 0.339 e. The minimum absolute atomic E-state index is 0.189. The van der Waals surface area contributed by atoms with Gasteiger partial charge in [-0.25, -0.2) is 4.79 Å². The van der Waals surface area contributed by atoms with E-state index in [1.54, 1.807) is 19.1 Å². The first-order valence-electron chi connectivity index (χ1n) is 7.02. The SMILES string of the molecule is CSc1ccccc1C(=O)OCC(=O)N[C@](C)(C#N)C1CC1. The molecule has 5 nitrogen and oxygen atoms in total. The van der Waals surface area contributed by atoms with Gasteiger partial charge in [-0.2, -0.15) is 5.26 Å². The highest BCUT2D eigenvalue weighted by molar-refractivity contribution is 7.98. The van der Waals surface area contributed by atoms with Crippen LogP contribution in [0.4, 0.5) is 0 Å². The Kier molecular flexibility index (Phi) is 5.09. The Balaban J connectivity index is 1.91. The highest BCUT2D eigenvalue weighted by atomic mass is 32.2. The fourth-order valence-corrected chi connectivity index (χ4v) is 2.82. The molecule has 0 aliphatic heterocycles. The number of esters is 1. The van der Waals surface area contributed by atoms with E-state index in [0.29, 0.717) is 5.56 Å². The number of amides is 1. The van der Waals surface area contributed by atoms with E-state index >= 15 is 0 Å². The molecule has 1 aromatic rings. The molecule has 116 valence electrons. The molecule has 1 atom stereocenters. The third-order valence-corrected chi connectivity index (χ3v) is 4.48. The van der Waals surface area contributed by atoms with Crippen LogP contribution in [0.5, 0.6) is 0 Å². The lowest BCUT2D eigenvalue weighted by molar-refractivity contribution is -0.125. The Labute approximate surface area is 134 Å². The van der Waals surface area contributed by atoms with Crippen LogP contribution in [0.1, 0.15) is 30.1 Å². The average molecular weight is 318 g/mol. The molecule has 0 spiro atoms. The summed E-state index contributed by atoms with van der Waals surface area (Å²) in [6.45, 7) is 1.32. The summed E-state index contributed by atoms with van der Waals surface area (Å²) in [6.07, 6.45) is 3.74. The van der Waals surface area contributed by atoms with Gasteiger partial charge in [0.05, 0.1) is 11.6 Å². The van der Waals surface area contributed by atoms with Crippen LogP contribution in [0.15, 0.2) is 29.2 Å². The second kappa shape index (κ2) is 6.84. The topological polar surface area (TPSA) is 79.2 Å². The number of benzene rings is 1. The Morgan fingerprint density at radius 2 is 2.14 bits per heavy atom. The molecule has 1 aliphatic carbocycles. The van der Waals surface area contributed by atoms with Gasteiger partial charge < -0.3 is 10.1 Å². The number of rotatable bonds is 6. The van der Waals surface area contributed by atoms with Crippen LogP contribution in [0.25, 0.3) is 0 Å². The Morgan fingerprint density at radius 1 is 1.45 bits per heavy atom. The van der Waals surface area contributed by atoms with Gasteiger partial charge in [0.1, 0.15) is 5.54 Å². The summed E-state index contributed by atoms with van der Waals surface area (Å²) < 4.78 is 5.05. The first-order chi connectivity index (χ1) is 10.5. The van der Waals surface area contributed by atoms with Crippen molar-refractivity contribution >= 4 is 23.6 Å². The minimum Gasteiger partial charge on any atom is -0.452 e. The molecule has 0 heterocycles. The van der Waals surface area contributed by atoms with E-state index in [-0.39, 0.29) is 12.5 Å². The molecule has 1 aromatic carbocycles. The van der Waals surface area contributed by atoms with E-state index in [1.807, 2.05) is 18.4 Å². The second-order valence-corrected chi connectivity index (χ2v) is 6.26. The molecule has 2 rings (SSSR count). The van der Waals surface area contributed by atoms with Crippen LogP contribution in [0, 0.1) is 17.2 Å². The lowest BCUT2D eigenvalue weighted by Crippen LogP contribution is -2.48. The predicted molar refractivity (Wildman–Crippen MR) is 83.4 cm³/mol. The lowest BCUT2D eigenvalue weighted by Gasteiger charge is -2.22. The van der Waals surface area contributed by atoms with E-state index in [9.17, 15) is 14.9 Å². The summed E-state index contributed by atoms with van der Waals surface area (Å²) in [5.41, 5.74) is -0.436. The van der Waals surface area contributed by atoms with Crippen molar-refractivity contribution in [3.8, 4) is 6.07 Å². The molecule has 1 aliphatic rings. The molecule has 1 fully saturated rings. The summed E-state index contributed by atoms with van der Waals surface area (Å²) in [7, 11) is 0. The van der Waals surface area contributed by atoms with Gasteiger partial charge in [0.25, 0.3) is 5.91 Å². The van der Waals surface area contributed by atoms with Crippen molar-refractivity contribution < 1.29 is 14.3 Å². The third-order valence-electron chi connectivity index (χ3n) is 3.69. The molecule has 0 radical (unpaired) electrons. The largest absolute Gasteiger partial charge is 0.452 e. The summed E-state index contributed by atoms with van der Waals surface area (Å²) in [4.78, 5) is 24.7. The van der Waals surface area contributed by atoms with Crippen molar-refractivity contribution in [2.45, 2.75) is 30.2 Å². The highest BCUT2D eigenvalue weighted by Gasteiger charge is 2.43. The van der Waals surface area contributed by atoms with Crippen molar-refractivity contribution in [1.29, 1.82) is 5.26 Å². The van der Waals surface area contributed by atoms with Crippen molar-refractivity contribution in [3.05, 3.63) is 29.8 Å². The fraction of sp³-hybridized carbons (Fsp3) is 0.438. The standard InChI is InChI=1S/C16H18N2O3S/c1-16(10-17,11-7-8-11)18-14(19)9-21-15(20)12-5-3-4-6-13(12)22-2/h3-6,11H,7-9H2,1-2H3,(H,18,19)/t16-/m1/s1. The monoisotopic (exact) mass is 318 g/mol. The van der Waals surface area contributed by atoms with Crippen molar-refractivity contribution in [2.75, 3.05) is 12.9 Å². The molecule has 0 aromatic heterocycles. The third kappa shape index (κ3) is 3.80. The summed E-state index contributed by atoms with van der Waals surface area (Å²) >= 11 is 1.44. The van der Waals surface area contributed by atoms with Gasteiger partial charge in [0, 0.05) is 4.90 Å². The summed E-state index contributed by atoms with van der Waals surface area (Å²) in [5, 5.41) is 11.9. The maximum Gasteiger partial charge on any atom is 0.339 e. The second-order valence-electron chi connectivity index (χ2n) is 5.41. The molecular formula is C16H18N2O3S. The highest BCUT2D eigenvalue weighted by Crippen LogP contribution is 2.39. The van der Waals surface area contributed by atoms with Crippen molar-refractivity contribution in [2.24, 2.45) is 5.92 Å². The number of nitrogens with one attached hydrogen (secondary N) is 1. The molecule has 0 saturated heterocycles. The molecule has 6 heteroatoms. The zero-order valence-electron chi connectivity index (χ0n) is 12.6. The van der Waals surface area contributed by atoms with E-state index in [4.69, 9.17) is 4.74 Å². The van der Waals surface area contributed by atoms with Crippen molar-refractivity contribution in [1.82, 2.24) is 5.32 Å². The number of thioether (sulfide) groups is 1. The number of hydrogen-bond donors (Lipinski definition) is 1. The van der Waals surface area contributed by atoms with Gasteiger partial charge in [-0.15, -0.1) is 11.8 Å². The molecule has 1 saturated carbocycles. The average Bonchev–Trinajstić information content (AvgIpc) is 3.37. The quantitative estimate of drug-likeness (QED) is 0.643. The van der Waals surface area contributed by atoms with Gasteiger partial charge in [-0.1, -0.05) is 12.1 Å². The van der Waals surface area contributed by atoms with E-state index in [2.05, 4.69) is 11.4 Å². The molecule has 0 bridgehead atoms. The van der Waals surface area contributed by atoms with Crippen LogP contribution in [-0.2, 0) is 9.53 Å². The number of ether oxygens (including phenoxy) is 1. The minimum atomic E-state index is -0.874. The van der Waals surface area contributed by atoms with E-state index < -0.39 is 17.4 Å². The van der Waals surface area contributed by atoms with Gasteiger partial charge in [-0.3, -0.25) is 4.79 Å². The number of hydrogen-bond acceptors (Lipinski definition) is 5. The van der Waals surface area contributed by atoms with Crippen molar-refractivity contribution in [3.63, 3.8) is 0 Å². The van der Waals surface area contributed by atoms with Crippen LogP contribution >= 0.6 is 11.8 Å². The van der Waals surface area contributed by atoms with Crippen LogP contribution in [0.3, 0.4) is 0 Å². The van der Waals surface area contributed by atoms with Gasteiger partial charge in [0.15, 0.2) is 6.61 Å². The maximum atomic E-state index is 12.0. The van der Waals surface area contributed by atoms with Gasteiger partial charge in [0.2, 0.25) is 0 Å². The molecule has 1 N–H and O–H groups in total. The van der Waals surface area contributed by atoms with Crippen LogP contribution in [-0.4, -0.2) is 30.3 Å². The zero-order chi connectivity index (χ0) is 16.2. The normalized spacial score (nSPS) is 16.2. The van der Waals surface area contributed by atoms with Crippen LogP contribution in [0.2, 0.25) is 0 Å². The maximum absolute atomic E-state index is 12.0. The Morgan fingerprint density at radius 3 is 2.73 bits per heavy atom. The number of carbonyl (C=O) groups excluding carboxylic acids is 2. The van der Waals surface area contributed by atoms with Crippen LogP contribution < -0.4 is 5.32 Å². The molecular weight excluding hydrogens is 300 g/mol. The Hall–Kier alpha value is -2.00. The number of carbonyl (C=O) groups is 2. The molecule has 1 amide bonds. The Bertz CT molecular complexity index is 622.